The SMILES string of the molecule is COc1cc2ncnc(Nc3cc(C)ccc3F)c2cc1OC1CCC(=O)CC1. The van der Waals surface area contributed by atoms with Gasteiger partial charge in [0.15, 0.2) is 11.5 Å². The molecule has 29 heavy (non-hydrogen) atoms. The molecule has 6 nitrogen and oxygen atoms in total. The number of aromatic nitrogens is 2. The molecule has 0 atom stereocenters. The third-order valence-electron chi connectivity index (χ3n) is 5.08. The predicted molar refractivity (Wildman–Crippen MR) is 108 cm³/mol. The Morgan fingerprint density at radius 3 is 2.66 bits per heavy atom. The molecule has 1 N–H and O–H groups in total. The maximum absolute atomic E-state index is 14.2. The molecular formula is C22H22FN3O3. The summed E-state index contributed by atoms with van der Waals surface area (Å²) < 4.78 is 25.8. The number of hydrogen-bond acceptors (Lipinski definition) is 6. The molecule has 0 radical (unpaired) electrons. The fourth-order valence-corrected chi connectivity index (χ4v) is 3.49. The smallest absolute Gasteiger partial charge is 0.162 e. The van der Waals surface area contributed by atoms with E-state index in [4.69, 9.17) is 9.47 Å². The molecule has 0 bridgehead atoms. The molecule has 0 aliphatic heterocycles. The molecule has 4 rings (SSSR count). The summed E-state index contributed by atoms with van der Waals surface area (Å²) in [5.41, 5.74) is 1.93. The Morgan fingerprint density at radius 2 is 1.90 bits per heavy atom. The van der Waals surface area contributed by atoms with Crippen LogP contribution in [0.4, 0.5) is 15.9 Å². The van der Waals surface area contributed by atoms with Crippen LogP contribution < -0.4 is 14.8 Å². The van der Waals surface area contributed by atoms with Gasteiger partial charge in [-0.25, -0.2) is 14.4 Å². The van der Waals surface area contributed by atoms with Crippen LogP contribution in [0.25, 0.3) is 10.9 Å². The Labute approximate surface area is 168 Å². The number of ketones is 1. The number of halogens is 1. The molecule has 0 unspecified atom stereocenters. The van der Waals surface area contributed by atoms with Crippen molar-refractivity contribution >= 4 is 28.2 Å². The quantitative estimate of drug-likeness (QED) is 0.674. The van der Waals surface area contributed by atoms with Crippen LogP contribution in [-0.4, -0.2) is 29.0 Å². The maximum atomic E-state index is 14.2. The number of fused-ring (bicyclic) bond motifs is 1. The van der Waals surface area contributed by atoms with E-state index in [0.717, 1.165) is 5.56 Å². The number of ether oxygens (including phenoxy) is 2. The average molecular weight is 395 g/mol. The molecule has 1 aliphatic rings. The van der Waals surface area contributed by atoms with Gasteiger partial charge in [0.05, 0.1) is 24.4 Å². The van der Waals surface area contributed by atoms with Gasteiger partial charge < -0.3 is 14.8 Å². The second-order valence-electron chi connectivity index (χ2n) is 7.21. The van der Waals surface area contributed by atoms with Crippen molar-refractivity contribution in [1.82, 2.24) is 9.97 Å². The molecule has 1 aromatic heterocycles. The molecule has 1 heterocycles. The lowest BCUT2D eigenvalue weighted by molar-refractivity contribution is -0.121. The van der Waals surface area contributed by atoms with Gasteiger partial charge in [-0.3, -0.25) is 4.79 Å². The van der Waals surface area contributed by atoms with E-state index in [1.165, 1.54) is 12.4 Å². The lowest BCUT2D eigenvalue weighted by Crippen LogP contribution is -2.24. The number of carbonyl (C=O) groups excluding carboxylic acids is 1. The first-order valence-corrected chi connectivity index (χ1v) is 9.58. The van der Waals surface area contributed by atoms with Crippen molar-refractivity contribution in [1.29, 1.82) is 0 Å². The lowest BCUT2D eigenvalue weighted by atomic mass is 9.96. The van der Waals surface area contributed by atoms with Crippen molar-refractivity contribution in [3.05, 3.63) is 48.0 Å². The Hall–Kier alpha value is -3.22. The molecule has 2 aromatic carbocycles. The fourth-order valence-electron chi connectivity index (χ4n) is 3.49. The Morgan fingerprint density at radius 1 is 1.10 bits per heavy atom. The molecule has 150 valence electrons. The van der Waals surface area contributed by atoms with E-state index in [2.05, 4.69) is 15.3 Å². The standard InChI is InChI=1S/C22H22FN3O3/c1-13-3-8-17(23)19(9-13)26-22-16-10-21(29-15-6-4-14(27)5-7-15)20(28-2)11-18(16)24-12-25-22/h3,8-12,15H,4-7H2,1-2H3,(H,24,25,26). The van der Waals surface area contributed by atoms with Gasteiger partial charge in [0.1, 0.15) is 23.7 Å². The van der Waals surface area contributed by atoms with Crippen LogP contribution in [0, 0.1) is 12.7 Å². The number of aryl methyl sites for hydroxylation is 1. The van der Waals surface area contributed by atoms with Gasteiger partial charge in [0.2, 0.25) is 0 Å². The summed E-state index contributed by atoms with van der Waals surface area (Å²) >= 11 is 0. The first-order chi connectivity index (χ1) is 14.0. The number of nitrogens with zero attached hydrogens (tertiary/aromatic N) is 2. The molecule has 0 saturated heterocycles. The van der Waals surface area contributed by atoms with Crippen molar-refractivity contribution in [3.8, 4) is 11.5 Å². The van der Waals surface area contributed by atoms with Crippen LogP contribution >= 0.6 is 0 Å². The number of hydrogen-bond donors (Lipinski definition) is 1. The highest BCUT2D eigenvalue weighted by Gasteiger charge is 2.22. The molecule has 0 amide bonds. The zero-order valence-electron chi connectivity index (χ0n) is 16.4. The number of Topliss-reactive ketones (excluding diaryl/α,β-unsaturated/α-hetero) is 1. The van der Waals surface area contributed by atoms with Gasteiger partial charge in [-0.2, -0.15) is 0 Å². The monoisotopic (exact) mass is 395 g/mol. The minimum atomic E-state index is -0.362. The molecule has 3 aromatic rings. The number of nitrogens with one attached hydrogen (secondary N) is 1. The topological polar surface area (TPSA) is 73.3 Å². The first-order valence-electron chi connectivity index (χ1n) is 9.58. The summed E-state index contributed by atoms with van der Waals surface area (Å²) in [7, 11) is 1.57. The zero-order chi connectivity index (χ0) is 20.4. The molecular weight excluding hydrogens is 373 g/mol. The number of methoxy groups -OCH3 is 1. The largest absolute Gasteiger partial charge is 0.493 e. The number of anilines is 2. The van der Waals surface area contributed by atoms with E-state index < -0.39 is 0 Å². The molecule has 1 saturated carbocycles. The van der Waals surface area contributed by atoms with Gasteiger partial charge in [-0.05, 0) is 43.5 Å². The van der Waals surface area contributed by atoms with Crippen LogP contribution in [0.3, 0.4) is 0 Å². The van der Waals surface area contributed by atoms with Crippen molar-refractivity contribution < 1.29 is 18.7 Å². The van der Waals surface area contributed by atoms with E-state index in [9.17, 15) is 9.18 Å². The van der Waals surface area contributed by atoms with E-state index in [1.54, 1.807) is 31.4 Å². The zero-order valence-corrected chi connectivity index (χ0v) is 16.4. The van der Waals surface area contributed by atoms with Gasteiger partial charge >= 0.3 is 0 Å². The number of carbonyl (C=O) groups is 1. The van der Waals surface area contributed by atoms with Crippen LogP contribution in [0.5, 0.6) is 11.5 Å². The third kappa shape index (κ3) is 4.13. The van der Waals surface area contributed by atoms with Crippen molar-refractivity contribution in [3.63, 3.8) is 0 Å². The number of rotatable bonds is 5. The summed E-state index contributed by atoms with van der Waals surface area (Å²) in [6, 6.07) is 8.44. The minimum absolute atomic E-state index is 0.0469. The van der Waals surface area contributed by atoms with Crippen LogP contribution in [0.1, 0.15) is 31.2 Å². The summed E-state index contributed by atoms with van der Waals surface area (Å²) in [5, 5.41) is 3.75. The fraction of sp³-hybridized carbons (Fsp3) is 0.318. The first kappa shape index (κ1) is 19.1. The van der Waals surface area contributed by atoms with E-state index >= 15 is 0 Å². The highest BCUT2D eigenvalue weighted by Crippen LogP contribution is 2.36. The Bertz CT molecular complexity index is 1060. The molecule has 1 aliphatic carbocycles. The van der Waals surface area contributed by atoms with Gasteiger partial charge in [0.25, 0.3) is 0 Å². The maximum Gasteiger partial charge on any atom is 0.162 e. The lowest BCUT2D eigenvalue weighted by Gasteiger charge is -2.23. The second kappa shape index (κ2) is 8.03. The molecule has 1 fully saturated rings. The van der Waals surface area contributed by atoms with E-state index in [0.29, 0.717) is 59.6 Å². The minimum Gasteiger partial charge on any atom is -0.493 e. The summed E-state index contributed by atoms with van der Waals surface area (Å²) in [4.78, 5) is 20.1. The summed E-state index contributed by atoms with van der Waals surface area (Å²) in [6.45, 7) is 1.90. The van der Waals surface area contributed by atoms with Crippen molar-refractivity contribution in [2.75, 3.05) is 12.4 Å². The average Bonchev–Trinajstić information content (AvgIpc) is 2.72. The second-order valence-corrected chi connectivity index (χ2v) is 7.21. The van der Waals surface area contributed by atoms with Crippen molar-refractivity contribution in [2.24, 2.45) is 0 Å². The normalized spacial score (nSPS) is 14.8. The summed E-state index contributed by atoms with van der Waals surface area (Å²) in [6.07, 6.45) is 3.81. The highest BCUT2D eigenvalue weighted by molar-refractivity contribution is 5.93. The van der Waals surface area contributed by atoms with Crippen molar-refractivity contribution in [2.45, 2.75) is 38.7 Å². The Balaban J connectivity index is 1.70. The van der Waals surface area contributed by atoms with Gasteiger partial charge in [0, 0.05) is 24.3 Å². The van der Waals surface area contributed by atoms with Crippen LogP contribution in [0.15, 0.2) is 36.7 Å². The van der Waals surface area contributed by atoms with Crippen LogP contribution in [-0.2, 0) is 4.79 Å². The van der Waals surface area contributed by atoms with E-state index in [-0.39, 0.29) is 17.7 Å². The highest BCUT2D eigenvalue weighted by atomic mass is 19.1. The molecule has 7 heteroatoms. The predicted octanol–water partition coefficient (Wildman–Crippen LogP) is 4.72. The van der Waals surface area contributed by atoms with E-state index in [1.807, 2.05) is 6.92 Å². The van der Waals surface area contributed by atoms with Crippen LogP contribution in [0.2, 0.25) is 0 Å². The molecule has 0 spiro atoms. The number of benzene rings is 2. The Kier molecular flexibility index (Phi) is 5.29. The summed E-state index contributed by atoms with van der Waals surface area (Å²) in [5.74, 6) is 1.50. The van der Waals surface area contributed by atoms with Gasteiger partial charge in [-0.1, -0.05) is 6.07 Å². The third-order valence-corrected chi connectivity index (χ3v) is 5.08. The van der Waals surface area contributed by atoms with Gasteiger partial charge in [-0.15, -0.1) is 0 Å².